The van der Waals surface area contributed by atoms with Crippen LogP contribution in [0.25, 0.3) is 0 Å². The van der Waals surface area contributed by atoms with Crippen molar-refractivity contribution in [1.82, 2.24) is 5.32 Å². The first kappa shape index (κ1) is 11.0. The molecule has 0 aromatic rings. The Morgan fingerprint density at radius 3 is 2.46 bits per heavy atom. The third-order valence-electron chi connectivity index (χ3n) is 2.53. The highest BCUT2D eigenvalue weighted by molar-refractivity contribution is 4.82. The van der Waals surface area contributed by atoms with Gasteiger partial charge in [-0.05, 0) is 26.7 Å². The van der Waals surface area contributed by atoms with Gasteiger partial charge in [0.2, 0.25) is 0 Å². The van der Waals surface area contributed by atoms with Crippen molar-refractivity contribution in [3.63, 3.8) is 0 Å². The summed E-state index contributed by atoms with van der Waals surface area (Å²) < 4.78 is 0. The summed E-state index contributed by atoms with van der Waals surface area (Å²) in [5.74, 6) is 0. The van der Waals surface area contributed by atoms with E-state index in [2.05, 4.69) is 5.32 Å². The van der Waals surface area contributed by atoms with Crippen molar-refractivity contribution in [2.75, 3.05) is 6.54 Å². The fourth-order valence-electron chi connectivity index (χ4n) is 1.73. The van der Waals surface area contributed by atoms with Gasteiger partial charge in [0.15, 0.2) is 0 Å². The molecule has 0 aliphatic heterocycles. The van der Waals surface area contributed by atoms with Crippen molar-refractivity contribution in [1.29, 1.82) is 0 Å². The number of aliphatic hydroxyl groups is 2. The molecule has 1 fully saturated rings. The number of hydrogen-bond donors (Lipinski definition) is 3. The minimum Gasteiger partial charge on any atom is -0.392 e. The maximum Gasteiger partial charge on any atom is 0.0715 e. The SMILES string of the molecule is CC(C)(O)CNC1CCCCC1O. The molecule has 0 spiro atoms. The van der Waals surface area contributed by atoms with Crippen LogP contribution in [-0.4, -0.2) is 34.5 Å². The smallest absolute Gasteiger partial charge is 0.0715 e. The molecule has 1 aliphatic carbocycles. The quantitative estimate of drug-likeness (QED) is 0.608. The van der Waals surface area contributed by atoms with E-state index in [1.54, 1.807) is 13.8 Å². The van der Waals surface area contributed by atoms with Gasteiger partial charge in [0.1, 0.15) is 0 Å². The molecule has 3 nitrogen and oxygen atoms in total. The van der Waals surface area contributed by atoms with E-state index in [1.165, 1.54) is 6.42 Å². The topological polar surface area (TPSA) is 52.5 Å². The predicted molar refractivity (Wildman–Crippen MR) is 52.6 cm³/mol. The third kappa shape index (κ3) is 4.07. The molecule has 13 heavy (non-hydrogen) atoms. The largest absolute Gasteiger partial charge is 0.392 e. The Balaban J connectivity index is 2.27. The first-order valence-electron chi connectivity index (χ1n) is 5.13. The summed E-state index contributed by atoms with van der Waals surface area (Å²) in [6, 6.07) is 0.181. The number of hydrogen-bond acceptors (Lipinski definition) is 3. The normalized spacial score (nSPS) is 30.5. The van der Waals surface area contributed by atoms with Crippen LogP contribution in [0, 0.1) is 0 Å². The Hall–Kier alpha value is -0.120. The van der Waals surface area contributed by atoms with Crippen LogP contribution in [0.15, 0.2) is 0 Å². The van der Waals surface area contributed by atoms with Gasteiger partial charge in [-0.3, -0.25) is 0 Å². The number of nitrogens with one attached hydrogen (secondary N) is 1. The second kappa shape index (κ2) is 4.40. The van der Waals surface area contributed by atoms with Crippen LogP contribution in [0.5, 0.6) is 0 Å². The van der Waals surface area contributed by atoms with Crippen molar-refractivity contribution < 1.29 is 10.2 Å². The summed E-state index contributed by atoms with van der Waals surface area (Å²) in [4.78, 5) is 0. The van der Waals surface area contributed by atoms with E-state index in [0.717, 1.165) is 19.3 Å². The van der Waals surface area contributed by atoms with Crippen LogP contribution >= 0.6 is 0 Å². The van der Waals surface area contributed by atoms with Gasteiger partial charge >= 0.3 is 0 Å². The van der Waals surface area contributed by atoms with Gasteiger partial charge in [-0.25, -0.2) is 0 Å². The highest BCUT2D eigenvalue weighted by Gasteiger charge is 2.24. The fraction of sp³-hybridized carbons (Fsp3) is 1.00. The van der Waals surface area contributed by atoms with Crippen molar-refractivity contribution in [3.05, 3.63) is 0 Å². The van der Waals surface area contributed by atoms with E-state index in [9.17, 15) is 10.2 Å². The van der Waals surface area contributed by atoms with Crippen LogP contribution in [0.3, 0.4) is 0 Å². The van der Waals surface area contributed by atoms with Gasteiger partial charge in [-0.15, -0.1) is 0 Å². The molecule has 2 unspecified atom stereocenters. The average molecular weight is 187 g/mol. The summed E-state index contributed by atoms with van der Waals surface area (Å²) in [6.45, 7) is 4.10. The Morgan fingerprint density at radius 2 is 1.92 bits per heavy atom. The standard InChI is InChI=1S/C10H21NO2/c1-10(2,13)7-11-8-5-3-4-6-9(8)12/h8-9,11-13H,3-7H2,1-2H3. The Kier molecular flexibility index (Phi) is 3.71. The monoisotopic (exact) mass is 187 g/mol. The van der Waals surface area contributed by atoms with Gasteiger partial charge in [-0.1, -0.05) is 12.8 Å². The molecule has 1 aliphatic rings. The van der Waals surface area contributed by atoms with Gasteiger partial charge in [0.25, 0.3) is 0 Å². The molecule has 3 heteroatoms. The third-order valence-corrected chi connectivity index (χ3v) is 2.53. The molecule has 3 N–H and O–H groups in total. The van der Waals surface area contributed by atoms with Gasteiger partial charge in [-0.2, -0.15) is 0 Å². The zero-order valence-electron chi connectivity index (χ0n) is 8.58. The second-order valence-electron chi connectivity index (χ2n) is 4.65. The molecule has 2 atom stereocenters. The molecule has 0 radical (unpaired) electrons. The van der Waals surface area contributed by atoms with Gasteiger partial charge in [0, 0.05) is 12.6 Å². The molecule has 0 bridgehead atoms. The lowest BCUT2D eigenvalue weighted by Crippen LogP contribution is -2.47. The molecule has 78 valence electrons. The summed E-state index contributed by atoms with van der Waals surface area (Å²) in [5, 5.41) is 22.3. The molecule has 0 aromatic heterocycles. The average Bonchev–Trinajstić information content (AvgIpc) is 2.01. The zero-order valence-corrected chi connectivity index (χ0v) is 8.58. The van der Waals surface area contributed by atoms with E-state index in [4.69, 9.17) is 0 Å². The van der Waals surface area contributed by atoms with E-state index in [1.807, 2.05) is 0 Å². The fourth-order valence-corrected chi connectivity index (χ4v) is 1.73. The number of rotatable bonds is 3. The van der Waals surface area contributed by atoms with Gasteiger partial charge < -0.3 is 15.5 Å². The summed E-state index contributed by atoms with van der Waals surface area (Å²) in [7, 11) is 0. The summed E-state index contributed by atoms with van der Waals surface area (Å²) >= 11 is 0. The molecule has 0 amide bonds. The minimum absolute atomic E-state index is 0.181. The summed E-state index contributed by atoms with van der Waals surface area (Å²) in [5.41, 5.74) is -0.683. The Morgan fingerprint density at radius 1 is 1.31 bits per heavy atom. The first-order chi connectivity index (χ1) is 5.99. The van der Waals surface area contributed by atoms with Crippen LogP contribution in [0.4, 0.5) is 0 Å². The lowest BCUT2D eigenvalue weighted by Gasteiger charge is -2.30. The molecule has 0 heterocycles. The molecule has 1 rings (SSSR count). The second-order valence-corrected chi connectivity index (χ2v) is 4.65. The first-order valence-corrected chi connectivity index (χ1v) is 5.13. The molecular formula is C10H21NO2. The van der Waals surface area contributed by atoms with E-state index in [-0.39, 0.29) is 12.1 Å². The molecule has 0 aromatic carbocycles. The van der Waals surface area contributed by atoms with E-state index >= 15 is 0 Å². The van der Waals surface area contributed by atoms with Gasteiger partial charge in [0.05, 0.1) is 11.7 Å². The predicted octanol–water partition coefficient (Wildman–Crippen LogP) is 0.650. The van der Waals surface area contributed by atoms with Crippen LogP contribution < -0.4 is 5.32 Å². The van der Waals surface area contributed by atoms with Crippen molar-refractivity contribution in [2.24, 2.45) is 0 Å². The zero-order chi connectivity index (χ0) is 9.90. The number of aliphatic hydroxyl groups excluding tert-OH is 1. The van der Waals surface area contributed by atoms with Crippen molar-refractivity contribution in [2.45, 2.75) is 57.3 Å². The lowest BCUT2D eigenvalue weighted by molar-refractivity contribution is 0.0498. The Bertz CT molecular complexity index is 153. The van der Waals surface area contributed by atoms with Crippen LogP contribution in [0.2, 0.25) is 0 Å². The molecular weight excluding hydrogens is 166 g/mol. The maximum atomic E-state index is 9.62. The van der Waals surface area contributed by atoms with E-state index < -0.39 is 5.60 Å². The van der Waals surface area contributed by atoms with Crippen LogP contribution in [0.1, 0.15) is 39.5 Å². The minimum atomic E-state index is -0.683. The summed E-state index contributed by atoms with van der Waals surface area (Å²) in [6.07, 6.45) is 4.00. The molecule has 0 saturated heterocycles. The lowest BCUT2D eigenvalue weighted by atomic mass is 9.92. The van der Waals surface area contributed by atoms with E-state index in [0.29, 0.717) is 6.54 Å². The highest BCUT2D eigenvalue weighted by Crippen LogP contribution is 2.18. The Labute approximate surface area is 80.2 Å². The van der Waals surface area contributed by atoms with Crippen LogP contribution in [-0.2, 0) is 0 Å². The maximum absolute atomic E-state index is 9.62. The molecule has 1 saturated carbocycles. The highest BCUT2D eigenvalue weighted by atomic mass is 16.3. The van der Waals surface area contributed by atoms with Crippen molar-refractivity contribution in [3.8, 4) is 0 Å². The van der Waals surface area contributed by atoms with Crippen molar-refractivity contribution >= 4 is 0 Å².